The van der Waals surface area contributed by atoms with Gasteiger partial charge in [0.1, 0.15) is 0 Å². The molecule has 0 spiro atoms. The van der Waals surface area contributed by atoms with E-state index in [4.69, 9.17) is 0 Å². The standard InChI is InChI=1S/C16H25NO/c1-3-14(4-2)17-12-16(10-11-16)15(18)13-8-6-5-7-9-13/h5-9,14-15,17-18H,3-4,10-12H2,1-2H3. The summed E-state index contributed by atoms with van der Waals surface area (Å²) >= 11 is 0. The molecule has 0 amide bonds. The summed E-state index contributed by atoms with van der Waals surface area (Å²) < 4.78 is 0. The van der Waals surface area contributed by atoms with Gasteiger partial charge < -0.3 is 10.4 Å². The first-order chi connectivity index (χ1) is 8.72. The van der Waals surface area contributed by atoms with Gasteiger partial charge in [0.15, 0.2) is 0 Å². The van der Waals surface area contributed by atoms with E-state index in [1.165, 1.54) is 0 Å². The highest BCUT2D eigenvalue weighted by Crippen LogP contribution is 2.54. The van der Waals surface area contributed by atoms with Crippen molar-refractivity contribution < 1.29 is 5.11 Å². The van der Waals surface area contributed by atoms with Gasteiger partial charge in [-0.05, 0) is 31.2 Å². The van der Waals surface area contributed by atoms with Crippen molar-refractivity contribution in [2.24, 2.45) is 5.41 Å². The van der Waals surface area contributed by atoms with Crippen molar-refractivity contribution in [2.75, 3.05) is 6.54 Å². The second-order valence-electron chi connectivity index (χ2n) is 5.57. The summed E-state index contributed by atoms with van der Waals surface area (Å²) in [6.45, 7) is 5.37. The summed E-state index contributed by atoms with van der Waals surface area (Å²) in [5.41, 5.74) is 1.14. The third-order valence-electron chi connectivity index (χ3n) is 4.32. The highest BCUT2D eigenvalue weighted by molar-refractivity contribution is 5.22. The van der Waals surface area contributed by atoms with E-state index in [1.807, 2.05) is 30.3 Å². The number of rotatable bonds is 7. The zero-order valence-electron chi connectivity index (χ0n) is 11.5. The van der Waals surface area contributed by atoms with Crippen LogP contribution in [0.15, 0.2) is 30.3 Å². The number of hydrogen-bond acceptors (Lipinski definition) is 2. The second-order valence-corrected chi connectivity index (χ2v) is 5.57. The minimum Gasteiger partial charge on any atom is -0.388 e. The van der Waals surface area contributed by atoms with Crippen LogP contribution in [0.2, 0.25) is 0 Å². The van der Waals surface area contributed by atoms with E-state index in [-0.39, 0.29) is 11.5 Å². The number of nitrogens with one attached hydrogen (secondary N) is 1. The van der Waals surface area contributed by atoms with Gasteiger partial charge in [-0.25, -0.2) is 0 Å². The Morgan fingerprint density at radius 3 is 2.28 bits per heavy atom. The van der Waals surface area contributed by atoms with Crippen LogP contribution < -0.4 is 5.32 Å². The molecule has 1 aliphatic carbocycles. The molecular weight excluding hydrogens is 222 g/mol. The molecule has 18 heavy (non-hydrogen) atoms. The zero-order chi connectivity index (χ0) is 13.0. The zero-order valence-corrected chi connectivity index (χ0v) is 11.5. The van der Waals surface area contributed by atoms with Crippen LogP contribution in [0.5, 0.6) is 0 Å². The summed E-state index contributed by atoms with van der Waals surface area (Å²) in [4.78, 5) is 0. The Morgan fingerprint density at radius 2 is 1.78 bits per heavy atom. The molecule has 2 N–H and O–H groups in total. The van der Waals surface area contributed by atoms with Crippen LogP contribution in [0.4, 0.5) is 0 Å². The maximum Gasteiger partial charge on any atom is 0.0858 e. The average molecular weight is 247 g/mol. The topological polar surface area (TPSA) is 32.3 Å². The van der Waals surface area contributed by atoms with Gasteiger partial charge >= 0.3 is 0 Å². The fourth-order valence-electron chi connectivity index (χ4n) is 2.62. The number of aliphatic hydroxyl groups is 1. The van der Waals surface area contributed by atoms with Crippen molar-refractivity contribution in [2.45, 2.75) is 51.7 Å². The third kappa shape index (κ3) is 2.93. The predicted octanol–water partition coefficient (Wildman–Crippen LogP) is 3.28. The summed E-state index contributed by atoms with van der Waals surface area (Å²) in [6, 6.07) is 10.7. The molecule has 1 atom stereocenters. The van der Waals surface area contributed by atoms with Crippen LogP contribution in [0, 0.1) is 5.41 Å². The molecule has 1 unspecified atom stereocenters. The number of benzene rings is 1. The van der Waals surface area contributed by atoms with E-state index in [2.05, 4.69) is 19.2 Å². The van der Waals surface area contributed by atoms with Crippen molar-refractivity contribution in [3.05, 3.63) is 35.9 Å². The van der Waals surface area contributed by atoms with E-state index in [9.17, 15) is 5.11 Å². The van der Waals surface area contributed by atoms with Crippen molar-refractivity contribution in [1.82, 2.24) is 5.32 Å². The Labute approximate surface area is 110 Å². The molecule has 100 valence electrons. The number of aliphatic hydroxyl groups excluding tert-OH is 1. The van der Waals surface area contributed by atoms with E-state index < -0.39 is 0 Å². The van der Waals surface area contributed by atoms with Crippen LogP contribution >= 0.6 is 0 Å². The lowest BCUT2D eigenvalue weighted by Gasteiger charge is -2.25. The quantitative estimate of drug-likeness (QED) is 0.775. The van der Waals surface area contributed by atoms with E-state index in [0.717, 1.165) is 37.8 Å². The fourth-order valence-corrected chi connectivity index (χ4v) is 2.62. The maximum atomic E-state index is 10.5. The molecule has 1 aliphatic rings. The van der Waals surface area contributed by atoms with Crippen molar-refractivity contribution in [3.8, 4) is 0 Å². The molecule has 0 radical (unpaired) electrons. The minimum atomic E-state index is -0.319. The first kappa shape index (κ1) is 13.6. The lowest BCUT2D eigenvalue weighted by atomic mass is 9.92. The van der Waals surface area contributed by atoms with Gasteiger partial charge in [-0.2, -0.15) is 0 Å². The van der Waals surface area contributed by atoms with Crippen molar-refractivity contribution in [3.63, 3.8) is 0 Å². The molecule has 1 saturated carbocycles. The van der Waals surface area contributed by atoms with Gasteiger partial charge in [0, 0.05) is 18.0 Å². The summed E-state index contributed by atoms with van der Waals surface area (Å²) in [6.07, 6.45) is 4.27. The van der Waals surface area contributed by atoms with Gasteiger partial charge in [0.05, 0.1) is 6.10 Å². The van der Waals surface area contributed by atoms with E-state index >= 15 is 0 Å². The van der Waals surface area contributed by atoms with Gasteiger partial charge in [-0.3, -0.25) is 0 Å². The molecule has 0 heterocycles. The van der Waals surface area contributed by atoms with Crippen LogP contribution in [-0.4, -0.2) is 17.7 Å². The lowest BCUT2D eigenvalue weighted by Crippen LogP contribution is -2.35. The number of hydrogen-bond donors (Lipinski definition) is 2. The molecule has 0 aliphatic heterocycles. The summed E-state index contributed by atoms with van der Waals surface area (Å²) in [5, 5.41) is 14.1. The Bertz CT molecular complexity index is 355. The van der Waals surface area contributed by atoms with Crippen molar-refractivity contribution in [1.29, 1.82) is 0 Å². The van der Waals surface area contributed by atoms with Gasteiger partial charge in [-0.15, -0.1) is 0 Å². The van der Waals surface area contributed by atoms with Crippen LogP contribution in [0.25, 0.3) is 0 Å². The molecule has 1 aromatic rings. The highest BCUT2D eigenvalue weighted by atomic mass is 16.3. The molecule has 1 fully saturated rings. The molecule has 2 heteroatoms. The summed E-state index contributed by atoms with van der Waals surface area (Å²) in [7, 11) is 0. The molecule has 0 bridgehead atoms. The first-order valence-electron chi connectivity index (χ1n) is 7.18. The normalized spacial score (nSPS) is 18.9. The predicted molar refractivity (Wildman–Crippen MR) is 75.4 cm³/mol. The second kappa shape index (κ2) is 5.85. The van der Waals surface area contributed by atoms with Gasteiger partial charge in [0.2, 0.25) is 0 Å². The smallest absolute Gasteiger partial charge is 0.0858 e. The molecule has 2 nitrogen and oxygen atoms in total. The monoisotopic (exact) mass is 247 g/mol. The Morgan fingerprint density at radius 1 is 1.17 bits per heavy atom. The highest BCUT2D eigenvalue weighted by Gasteiger charge is 2.49. The fraction of sp³-hybridized carbons (Fsp3) is 0.625. The molecule has 0 saturated heterocycles. The Hall–Kier alpha value is -0.860. The third-order valence-corrected chi connectivity index (χ3v) is 4.32. The first-order valence-corrected chi connectivity index (χ1v) is 7.18. The van der Waals surface area contributed by atoms with Gasteiger partial charge in [0.25, 0.3) is 0 Å². The lowest BCUT2D eigenvalue weighted by molar-refractivity contribution is 0.0897. The van der Waals surface area contributed by atoms with Crippen molar-refractivity contribution >= 4 is 0 Å². The van der Waals surface area contributed by atoms with Crippen LogP contribution in [0.1, 0.15) is 51.2 Å². The van der Waals surface area contributed by atoms with E-state index in [1.54, 1.807) is 0 Å². The summed E-state index contributed by atoms with van der Waals surface area (Å²) in [5.74, 6) is 0. The minimum absolute atomic E-state index is 0.0872. The molecule has 2 rings (SSSR count). The maximum absolute atomic E-state index is 10.5. The molecule has 1 aromatic carbocycles. The molecule has 0 aromatic heterocycles. The van der Waals surface area contributed by atoms with E-state index in [0.29, 0.717) is 6.04 Å². The SMILES string of the molecule is CCC(CC)NCC1(C(O)c2ccccc2)CC1. The molecular formula is C16H25NO. The Kier molecular flexibility index (Phi) is 4.41. The Balaban J connectivity index is 1.95. The largest absolute Gasteiger partial charge is 0.388 e. The van der Waals surface area contributed by atoms with Crippen LogP contribution in [-0.2, 0) is 0 Å². The van der Waals surface area contributed by atoms with Gasteiger partial charge in [-0.1, -0.05) is 44.2 Å². The van der Waals surface area contributed by atoms with Crippen LogP contribution in [0.3, 0.4) is 0 Å². The average Bonchev–Trinajstić information content (AvgIpc) is 3.21.